The zero-order valence-electron chi connectivity index (χ0n) is 9.19. The number of nitrogens with zero attached hydrogens (tertiary/aromatic N) is 1. The molecule has 1 aliphatic heterocycles. The van der Waals surface area contributed by atoms with Crippen molar-refractivity contribution in [2.45, 2.75) is 23.8 Å². The van der Waals surface area contributed by atoms with Gasteiger partial charge in [0.2, 0.25) is 10.0 Å². The van der Waals surface area contributed by atoms with E-state index in [0.717, 1.165) is 19.4 Å². The predicted octanol–water partition coefficient (Wildman–Crippen LogP) is 0.874. The molecule has 94 valence electrons. The lowest BCUT2D eigenvalue weighted by Gasteiger charge is -2.11. The number of nitrogens with one attached hydrogen (secondary N) is 2. The first kappa shape index (κ1) is 12.9. The maximum absolute atomic E-state index is 11.9. The molecular weight excluding hydrogens is 306 g/mol. The second-order valence-corrected chi connectivity index (χ2v) is 6.67. The summed E-state index contributed by atoms with van der Waals surface area (Å²) in [6.45, 7) is 1.39. The van der Waals surface area contributed by atoms with E-state index in [2.05, 4.69) is 31.0 Å². The fourth-order valence-corrected chi connectivity index (χ4v) is 3.35. The molecule has 1 aliphatic rings. The summed E-state index contributed by atoms with van der Waals surface area (Å²) in [5, 5.41) is 3.24. The largest absolute Gasteiger partial charge is 0.313 e. The Kier molecular flexibility index (Phi) is 4.13. The molecule has 0 amide bonds. The van der Waals surface area contributed by atoms with Crippen LogP contribution in [0.4, 0.5) is 0 Å². The molecule has 0 bridgehead atoms. The van der Waals surface area contributed by atoms with Crippen LogP contribution in [0.5, 0.6) is 0 Å². The van der Waals surface area contributed by atoms with Crippen LogP contribution < -0.4 is 10.0 Å². The molecule has 1 aromatic heterocycles. The topological polar surface area (TPSA) is 71.1 Å². The molecule has 2 heterocycles. The van der Waals surface area contributed by atoms with E-state index in [0.29, 0.717) is 11.0 Å². The summed E-state index contributed by atoms with van der Waals surface area (Å²) >= 11 is 3.20. The predicted molar refractivity (Wildman–Crippen MR) is 68.2 cm³/mol. The van der Waals surface area contributed by atoms with Gasteiger partial charge >= 0.3 is 0 Å². The van der Waals surface area contributed by atoms with Gasteiger partial charge in [-0.25, -0.2) is 13.1 Å². The molecule has 1 unspecified atom stereocenters. The molecule has 0 aromatic carbocycles. The minimum absolute atomic E-state index is 0.185. The van der Waals surface area contributed by atoms with E-state index in [9.17, 15) is 8.42 Å². The Bertz CT molecular complexity index is 486. The first-order valence-electron chi connectivity index (χ1n) is 5.41. The van der Waals surface area contributed by atoms with Crippen LogP contribution in [-0.2, 0) is 10.0 Å². The lowest BCUT2D eigenvalue weighted by molar-refractivity contribution is 0.551. The van der Waals surface area contributed by atoms with Crippen molar-refractivity contribution in [1.82, 2.24) is 15.0 Å². The molecule has 7 heteroatoms. The molecule has 1 fully saturated rings. The van der Waals surface area contributed by atoms with Crippen molar-refractivity contribution in [3.05, 3.63) is 22.9 Å². The molecule has 0 spiro atoms. The highest BCUT2D eigenvalue weighted by atomic mass is 79.9. The average molecular weight is 320 g/mol. The fraction of sp³-hybridized carbons (Fsp3) is 0.500. The highest BCUT2D eigenvalue weighted by Crippen LogP contribution is 2.14. The van der Waals surface area contributed by atoms with E-state index in [4.69, 9.17) is 0 Å². The van der Waals surface area contributed by atoms with Gasteiger partial charge in [-0.05, 0) is 41.4 Å². The van der Waals surface area contributed by atoms with Crippen LogP contribution in [0.2, 0.25) is 0 Å². The molecule has 0 radical (unpaired) electrons. The number of sulfonamides is 1. The van der Waals surface area contributed by atoms with Crippen molar-refractivity contribution < 1.29 is 8.42 Å². The van der Waals surface area contributed by atoms with Crippen LogP contribution in [0.3, 0.4) is 0 Å². The molecule has 1 saturated heterocycles. The lowest BCUT2D eigenvalue weighted by atomic mass is 10.2. The van der Waals surface area contributed by atoms with Gasteiger partial charge in [-0.2, -0.15) is 0 Å². The number of hydrogen-bond acceptors (Lipinski definition) is 4. The van der Waals surface area contributed by atoms with Crippen molar-refractivity contribution in [2.24, 2.45) is 0 Å². The summed E-state index contributed by atoms with van der Waals surface area (Å²) in [6, 6.07) is 1.78. The van der Waals surface area contributed by atoms with Crippen molar-refractivity contribution in [3.63, 3.8) is 0 Å². The summed E-state index contributed by atoms with van der Waals surface area (Å²) in [5.41, 5.74) is 0. The Hall–Kier alpha value is -0.500. The van der Waals surface area contributed by atoms with E-state index in [1.165, 1.54) is 12.3 Å². The van der Waals surface area contributed by atoms with Gasteiger partial charge in [-0.1, -0.05) is 0 Å². The maximum atomic E-state index is 11.9. The number of rotatable bonds is 4. The van der Waals surface area contributed by atoms with E-state index in [1.54, 1.807) is 6.20 Å². The quantitative estimate of drug-likeness (QED) is 0.864. The number of halogens is 1. The minimum atomic E-state index is -3.45. The van der Waals surface area contributed by atoms with Crippen LogP contribution >= 0.6 is 15.9 Å². The van der Waals surface area contributed by atoms with Crippen LogP contribution in [0, 0.1) is 0 Å². The molecule has 1 atom stereocenters. The van der Waals surface area contributed by atoms with Gasteiger partial charge in [0.1, 0.15) is 4.90 Å². The lowest BCUT2D eigenvalue weighted by Crippen LogP contribution is -2.37. The second-order valence-electron chi connectivity index (χ2n) is 3.98. The highest BCUT2D eigenvalue weighted by Gasteiger charge is 2.19. The standard InChI is InChI=1S/C10H14BrN3O2S/c11-8-4-10(7-12-5-8)17(15,16)14-6-9-2-1-3-13-9/h4-5,7,9,13-14H,1-3,6H2. The molecule has 1 aromatic rings. The first-order chi connectivity index (χ1) is 8.08. The maximum Gasteiger partial charge on any atom is 0.242 e. The van der Waals surface area contributed by atoms with Gasteiger partial charge < -0.3 is 5.32 Å². The Balaban J connectivity index is 2.03. The van der Waals surface area contributed by atoms with Crippen LogP contribution in [-0.4, -0.2) is 32.5 Å². The summed E-state index contributed by atoms with van der Waals surface area (Å²) in [5.74, 6) is 0. The molecule has 5 nitrogen and oxygen atoms in total. The van der Waals surface area contributed by atoms with Crippen LogP contribution in [0.25, 0.3) is 0 Å². The molecule has 2 N–H and O–H groups in total. The van der Waals surface area contributed by atoms with E-state index >= 15 is 0 Å². The highest BCUT2D eigenvalue weighted by molar-refractivity contribution is 9.10. The monoisotopic (exact) mass is 319 g/mol. The zero-order chi connectivity index (χ0) is 12.3. The Morgan fingerprint density at radius 1 is 1.53 bits per heavy atom. The smallest absolute Gasteiger partial charge is 0.242 e. The number of aromatic nitrogens is 1. The van der Waals surface area contributed by atoms with Crippen molar-refractivity contribution >= 4 is 26.0 Å². The van der Waals surface area contributed by atoms with Gasteiger partial charge in [0.25, 0.3) is 0 Å². The third kappa shape index (κ3) is 3.48. The van der Waals surface area contributed by atoms with Crippen molar-refractivity contribution in [3.8, 4) is 0 Å². The Labute approximate surface area is 109 Å². The van der Waals surface area contributed by atoms with Gasteiger partial charge in [-0.15, -0.1) is 0 Å². The van der Waals surface area contributed by atoms with Crippen LogP contribution in [0.15, 0.2) is 27.8 Å². The SMILES string of the molecule is O=S(=O)(NCC1CCCN1)c1cncc(Br)c1. The van der Waals surface area contributed by atoms with Crippen molar-refractivity contribution in [2.75, 3.05) is 13.1 Å². The molecular formula is C10H14BrN3O2S. The third-order valence-electron chi connectivity index (χ3n) is 2.67. The van der Waals surface area contributed by atoms with Crippen molar-refractivity contribution in [1.29, 1.82) is 0 Å². The second kappa shape index (κ2) is 5.43. The van der Waals surface area contributed by atoms with E-state index in [1.807, 2.05) is 0 Å². The van der Waals surface area contributed by atoms with E-state index < -0.39 is 10.0 Å². The normalized spacial score (nSPS) is 20.6. The number of hydrogen-bond donors (Lipinski definition) is 2. The molecule has 2 rings (SSSR count). The van der Waals surface area contributed by atoms with E-state index in [-0.39, 0.29) is 10.9 Å². The summed E-state index contributed by atoms with van der Waals surface area (Å²) < 4.78 is 27.1. The van der Waals surface area contributed by atoms with Gasteiger partial charge in [0, 0.05) is 29.5 Å². The fourth-order valence-electron chi connectivity index (χ4n) is 1.76. The Morgan fingerprint density at radius 3 is 3.00 bits per heavy atom. The summed E-state index contributed by atoms with van der Waals surface area (Å²) in [6.07, 6.45) is 5.01. The first-order valence-corrected chi connectivity index (χ1v) is 7.69. The average Bonchev–Trinajstić information content (AvgIpc) is 2.79. The van der Waals surface area contributed by atoms with Gasteiger partial charge in [0.15, 0.2) is 0 Å². The van der Waals surface area contributed by atoms with Gasteiger partial charge in [0.05, 0.1) is 0 Å². The van der Waals surface area contributed by atoms with Gasteiger partial charge in [-0.3, -0.25) is 4.98 Å². The minimum Gasteiger partial charge on any atom is -0.313 e. The third-order valence-corrected chi connectivity index (χ3v) is 4.50. The zero-order valence-corrected chi connectivity index (χ0v) is 11.6. The molecule has 0 aliphatic carbocycles. The number of pyridine rings is 1. The summed E-state index contributed by atoms with van der Waals surface area (Å²) in [7, 11) is -3.45. The molecule has 17 heavy (non-hydrogen) atoms. The molecule has 0 saturated carbocycles. The van der Waals surface area contributed by atoms with Crippen LogP contribution in [0.1, 0.15) is 12.8 Å². The summed E-state index contributed by atoms with van der Waals surface area (Å²) in [4.78, 5) is 4.03. The Morgan fingerprint density at radius 2 is 2.35 bits per heavy atom.